The number of esters is 1. The van der Waals surface area contributed by atoms with Gasteiger partial charge in [-0.05, 0) is 12.8 Å². The molecular formula is C9H18N2O4S. The van der Waals surface area contributed by atoms with Crippen LogP contribution in [0.25, 0.3) is 0 Å². The first-order chi connectivity index (χ1) is 7.48. The molecule has 1 saturated heterocycles. The van der Waals surface area contributed by atoms with Crippen LogP contribution < -0.4 is 0 Å². The predicted octanol–water partition coefficient (Wildman–Crippen LogP) is -0.178. The van der Waals surface area contributed by atoms with Crippen LogP contribution in [0.4, 0.5) is 0 Å². The highest BCUT2D eigenvalue weighted by Gasteiger charge is 2.29. The van der Waals surface area contributed by atoms with Gasteiger partial charge in [0, 0.05) is 26.7 Å². The Morgan fingerprint density at radius 1 is 1.38 bits per heavy atom. The summed E-state index contributed by atoms with van der Waals surface area (Å²) in [7, 11) is -0.612. The van der Waals surface area contributed by atoms with Crippen molar-refractivity contribution in [1.29, 1.82) is 0 Å². The van der Waals surface area contributed by atoms with Crippen LogP contribution in [-0.4, -0.2) is 56.8 Å². The van der Waals surface area contributed by atoms with Gasteiger partial charge < -0.3 is 4.74 Å². The smallest absolute Gasteiger partial charge is 0.306 e. The third-order valence-corrected chi connectivity index (χ3v) is 4.63. The van der Waals surface area contributed by atoms with Gasteiger partial charge in [-0.1, -0.05) is 0 Å². The molecule has 1 fully saturated rings. The minimum absolute atomic E-state index is 0.0834. The summed E-state index contributed by atoms with van der Waals surface area (Å²) in [5, 5.41) is 0. The van der Waals surface area contributed by atoms with E-state index in [9.17, 15) is 13.2 Å². The van der Waals surface area contributed by atoms with E-state index in [1.807, 2.05) is 0 Å². The lowest BCUT2D eigenvalue weighted by Gasteiger charge is -2.23. The maximum Gasteiger partial charge on any atom is 0.306 e. The zero-order valence-electron chi connectivity index (χ0n) is 9.68. The first-order valence-corrected chi connectivity index (χ1v) is 6.66. The number of carbonyl (C=O) groups is 1. The maximum absolute atomic E-state index is 11.9. The minimum Gasteiger partial charge on any atom is -0.469 e. The predicted molar refractivity (Wildman–Crippen MR) is 59.0 cm³/mol. The van der Waals surface area contributed by atoms with E-state index >= 15 is 0 Å². The molecule has 0 unspecified atom stereocenters. The van der Waals surface area contributed by atoms with Crippen molar-refractivity contribution >= 4 is 16.2 Å². The number of hydrogen-bond acceptors (Lipinski definition) is 4. The Balaban J connectivity index is 2.51. The number of hydrogen-bond donors (Lipinski definition) is 0. The summed E-state index contributed by atoms with van der Waals surface area (Å²) in [6, 6.07) is 0. The second kappa shape index (κ2) is 5.60. The zero-order valence-corrected chi connectivity index (χ0v) is 10.5. The lowest BCUT2D eigenvalue weighted by atomic mass is 10.4. The molecule has 1 rings (SSSR count). The largest absolute Gasteiger partial charge is 0.469 e. The van der Waals surface area contributed by atoms with Crippen LogP contribution in [-0.2, 0) is 19.7 Å². The van der Waals surface area contributed by atoms with Gasteiger partial charge in [-0.3, -0.25) is 4.79 Å². The normalized spacial score (nSPS) is 17.9. The summed E-state index contributed by atoms with van der Waals surface area (Å²) in [5.41, 5.74) is 0. The molecule has 0 bridgehead atoms. The molecule has 0 radical (unpaired) electrons. The van der Waals surface area contributed by atoms with Crippen molar-refractivity contribution in [3.05, 3.63) is 0 Å². The van der Waals surface area contributed by atoms with Crippen LogP contribution in [0.15, 0.2) is 0 Å². The fraction of sp³-hybridized carbons (Fsp3) is 0.889. The third-order valence-electron chi connectivity index (χ3n) is 2.64. The van der Waals surface area contributed by atoms with Crippen LogP contribution >= 0.6 is 0 Å². The van der Waals surface area contributed by atoms with E-state index in [0.29, 0.717) is 13.1 Å². The van der Waals surface area contributed by atoms with E-state index in [-0.39, 0.29) is 13.0 Å². The summed E-state index contributed by atoms with van der Waals surface area (Å²) < 4.78 is 31.0. The summed E-state index contributed by atoms with van der Waals surface area (Å²) in [4.78, 5) is 10.9. The van der Waals surface area contributed by atoms with Gasteiger partial charge in [0.1, 0.15) is 0 Å². The van der Waals surface area contributed by atoms with Crippen LogP contribution in [0.1, 0.15) is 19.3 Å². The lowest BCUT2D eigenvalue weighted by Crippen LogP contribution is -2.41. The van der Waals surface area contributed by atoms with Gasteiger partial charge in [0.2, 0.25) is 0 Å². The number of carbonyl (C=O) groups excluding carboxylic acids is 1. The van der Waals surface area contributed by atoms with Crippen LogP contribution in [0, 0.1) is 0 Å². The Morgan fingerprint density at radius 3 is 2.44 bits per heavy atom. The molecule has 0 aliphatic carbocycles. The molecule has 16 heavy (non-hydrogen) atoms. The van der Waals surface area contributed by atoms with Gasteiger partial charge in [-0.2, -0.15) is 17.0 Å². The SMILES string of the molecule is COC(=O)CCN(C)S(=O)(=O)N1CCCC1. The van der Waals surface area contributed by atoms with Crippen molar-refractivity contribution in [3.63, 3.8) is 0 Å². The van der Waals surface area contributed by atoms with Gasteiger partial charge in [0.15, 0.2) is 0 Å². The highest BCUT2D eigenvalue weighted by molar-refractivity contribution is 7.86. The van der Waals surface area contributed by atoms with Crippen LogP contribution in [0.5, 0.6) is 0 Å². The molecule has 0 aromatic carbocycles. The first kappa shape index (κ1) is 13.4. The van der Waals surface area contributed by atoms with Crippen molar-refractivity contribution in [2.45, 2.75) is 19.3 Å². The fourth-order valence-electron chi connectivity index (χ4n) is 1.58. The molecule has 0 aromatic heterocycles. The van der Waals surface area contributed by atoms with Gasteiger partial charge >= 0.3 is 5.97 Å². The highest BCUT2D eigenvalue weighted by atomic mass is 32.2. The molecule has 1 aliphatic rings. The molecule has 0 N–H and O–H groups in total. The second-order valence-corrected chi connectivity index (χ2v) is 5.80. The van der Waals surface area contributed by atoms with Crippen molar-refractivity contribution < 1.29 is 17.9 Å². The summed E-state index contributed by atoms with van der Waals surface area (Å²) >= 11 is 0. The fourth-order valence-corrected chi connectivity index (χ4v) is 3.02. The topological polar surface area (TPSA) is 66.9 Å². The molecule has 7 heteroatoms. The average Bonchev–Trinajstić information content (AvgIpc) is 2.78. The number of nitrogens with zero attached hydrogens (tertiary/aromatic N) is 2. The average molecular weight is 250 g/mol. The van der Waals surface area contributed by atoms with Crippen molar-refractivity contribution in [1.82, 2.24) is 8.61 Å². The monoisotopic (exact) mass is 250 g/mol. The third kappa shape index (κ3) is 3.16. The molecule has 94 valence electrons. The van der Waals surface area contributed by atoms with Gasteiger partial charge in [0.05, 0.1) is 13.5 Å². The number of methoxy groups -OCH3 is 1. The Labute approximate surface area is 96.3 Å². The van der Waals surface area contributed by atoms with Gasteiger partial charge in [0.25, 0.3) is 10.2 Å². The molecule has 1 heterocycles. The quantitative estimate of drug-likeness (QED) is 0.635. The van der Waals surface area contributed by atoms with Gasteiger partial charge in [-0.25, -0.2) is 0 Å². The van der Waals surface area contributed by atoms with E-state index in [4.69, 9.17) is 0 Å². The summed E-state index contributed by atoms with van der Waals surface area (Å²) in [6.45, 7) is 1.31. The molecule has 1 aliphatic heterocycles. The van der Waals surface area contributed by atoms with Crippen LogP contribution in [0.3, 0.4) is 0 Å². The maximum atomic E-state index is 11.9. The van der Waals surface area contributed by atoms with E-state index in [2.05, 4.69) is 4.74 Å². The number of rotatable bonds is 5. The Kier molecular flexibility index (Phi) is 4.69. The van der Waals surface area contributed by atoms with Crippen molar-refractivity contribution in [3.8, 4) is 0 Å². The molecule has 0 saturated carbocycles. The van der Waals surface area contributed by atoms with Crippen molar-refractivity contribution in [2.24, 2.45) is 0 Å². The number of ether oxygens (including phenoxy) is 1. The Hall–Kier alpha value is -0.660. The molecule has 0 amide bonds. The van der Waals surface area contributed by atoms with E-state index in [1.165, 1.54) is 22.8 Å². The molecule has 6 nitrogen and oxygen atoms in total. The lowest BCUT2D eigenvalue weighted by molar-refractivity contribution is -0.140. The second-order valence-electron chi connectivity index (χ2n) is 3.76. The Morgan fingerprint density at radius 2 is 1.94 bits per heavy atom. The molecule has 0 spiro atoms. The van der Waals surface area contributed by atoms with Crippen molar-refractivity contribution in [2.75, 3.05) is 33.8 Å². The minimum atomic E-state index is -3.38. The molecule has 0 aromatic rings. The standard InChI is InChI=1S/C9H18N2O4S/c1-10(8-5-9(12)15-2)16(13,14)11-6-3-4-7-11/h3-8H2,1-2H3. The first-order valence-electron chi connectivity index (χ1n) is 5.26. The van der Waals surface area contributed by atoms with Crippen LogP contribution in [0.2, 0.25) is 0 Å². The van der Waals surface area contributed by atoms with E-state index in [0.717, 1.165) is 12.8 Å². The zero-order chi connectivity index (χ0) is 12.2. The van der Waals surface area contributed by atoms with E-state index in [1.54, 1.807) is 0 Å². The van der Waals surface area contributed by atoms with E-state index < -0.39 is 16.2 Å². The molecule has 0 atom stereocenters. The Bertz CT molecular complexity index is 335. The highest BCUT2D eigenvalue weighted by Crippen LogP contribution is 2.15. The summed E-state index contributed by atoms with van der Waals surface area (Å²) in [6.07, 6.45) is 1.90. The summed E-state index contributed by atoms with van der Waals surface area (Å²) in [5.74, 6) is -0.400. The molecular weight excluding hydrogens is 232 g/mol. The van der Waals surface area contributed by atoms with Gasteiger partial charge in [-0.15, -0.1) is 0 Å².